The van der Waals surface area contributed by atoms with Gasteiger partial charge in [-0.3, -0.25) is 19.7 Å². The molecule has 1 amide bonds. The summed E-state index contributed by atoms with van der Waals surface area (Å²) >= 11 is 0. The quantitative estimate of drug-likeness (QED) is 0.750. The zero-order chi connectivity index (χ0) is 17.5. The molecule has 126 valence electrons. The third-order valence-electron chi connectivity index (χ3n) is 3.58. The van der Waals surface area contributed by atoms with Crippen molar-refractivity contribution in [1.82, 2.24) is 20.3 Å². The van der Waals surface area contributed by atoms with E-state index in [4.69, 9.17) is 4.74 Å². The number of para-hydroxylation sites is 1. The fourth-order valence-electron chi connectivity index (χ4n) is 2.32. The van der Waals surface area contributed by atoms with E-state index in [1.165, 1.54) is 0 Å². The van der Waals surface area contributed by atoms with E-state index in [1.807, 2.05) is 42.5 Å². The summed E-state index contributed by atoms with van der Waals surface area (Å²) in [5, 5.41) is 2.85. The van der Waals surface area contributed by atoms with Crippen molar-refractivity contribution in [3.63, 3.8) is 0 Å². The molecule has 25 heavy (non-hydrogen) atoms. The molecule has 0 bridgehead atoms. The highest BCUT2D eigenvalue weighted by Gasteiger charge is 2.16. The van der Waals surface area contributed by atoms with E-state index >= 15 is 0 Å². The second-order valence-corrected chi connectivity index (χ2v) is 5.38. The Labute approximate surface area is 145 Å². The summed E-state index contributed by atoms with van der Waals surface area (Å²) in [6, 6.07) is 13.0. The number of rotatable bonds is 6. The maximum absolute atomic E-state index is 12.3. The Morgan fingerprint density at radius 3 is 2.52 bits per heavy atom. The van der Waals surface area contributed by atoms with Gasteiger partial charge in [-0.05, 0) is 31.2 Å². The number of pyridine rings is 1. The van der Waals surface area contributed by atoms with E-state index in [1.54, 1.807) is 31.7 Å². The zero-order valence-corrected chi connectivity index (χ0v) is 13.8. The van der Waals surface area contributed by atoms with Crippen LogP contribution in [-0.2, 0) is 11.3 Å². The molecule has 0 radical (unpaired) electrons. The lowest BCUT2D eigenvalue weighted by atomic mass is 10.1. The van der Waals surface area contributed by atoms with Gasteiger partial charge in [-0.15, -0.1) is 0 Å². The molecule has 1 aromatic carbocycles. The molecule has 2 heterocycles. The normalized spacial score (nSPS) is 11.6. The largest absolute Gasteiger partial charge is 0.481 e. The first-order valence-electron chi connectivity index (χ1n) is 7.94. The third kappa shape index (κ3) is 4.38. The summed E-state index contributed by atoms with van der Waals surface area (Å²) in [4.78, 5) is 25.0. The molecule has 0 spiro atoms. The maximum Gasteiger partial charge on any atom is 0.261 e. The summed E-state index contributed by atoms with van der Waals surface area (Å²) in [5.41, 5.74) is 2.32. The summed E-state index contributed by atoms with van der Waals surface area (Å²) in [6.45, 7) is 1.98. The monoisotopic (exact) mass is 334 g/mol. The summed E-state index contributed by atoms with van der Waals surface area (Å²) in [7, 11) is 0. The topological polar surface area (TPSA) is 77.0 Å². The van der Waals surface area contributed by atoms with E-state index in [0.717, 1.165) is 11.3 Å². The molecule has 2 aromatic heterocycles. The highest BCUT2D eigenvalue weighted by atomic mass is 16.5. The highest BCUT2D eigenvalue weighted by Crippen LogP contribution is 2.18. The van der Waals surface area contributed by atoms with Gasteiger partial charge in [0.25, 0.3) is 5.91 Å². The molecule has 0 saturated heterocycles. The van der Waals surface area contributed by atoms with Gasteiger partial charge in [-0.25, -0.2) is 0 Å². The standard InChI is InChI=1S/C19H18N4O2/c1-14(25-16-5-3-2-4-6-16)19(24)23-13-17-18(22-12-11-21-17)15-7-9-20-10-8-15/h2-12,14H,13H2,1H3,(H,23,24)/t14-/m0/s1. The molecular formula is C19H18N4O2. The van der Waals surface area contributed by atoms with Crippen molar-refractivity contribution < 1.29 is 9.53 Å². The van der Waals surface area contributed by atoms with Crippen LogP contribution in [-0.4, -0.2) is 27.0 Å². The molecule has 0 aliphatic carbocycles. The van der Waals surface area contributed by atoms with Crippen LogP contribution in [0.2, 0.25) is 0 Å². The van der Waals surface area contributed by atoms with Gasteiger partial charge in [-0.1, -0.05) is 18.2 Å². The van der Waals surface area contributed by atoms with E-state index in [2.05, 4.69) is 20.3 Å². The molecule has 0 aliphatic heterocycles. The number of hydrogen-bond donors (Lipinski definition) is 1. The molecule has 0 unspecified atom stereocenters. The van der Waals surface area contributed by atoms with Crippen LogP contribution >= 0.6 is 0 Å². The number of carbonyl (C=O) groups excluding carboxylic acids is 1. The van der Waals surface area contributed by atoms with Crippen LogP contribution in [0, 0.1) is 0 Å². The molecule has 1 atom stereocenters. The Hall–Kier alpha value is -3.28. The van der Waals surface area contributed by atoms with Crippen molar-refractivity contribution in [3.05, 3.63) is 72.9 Å². The molecular weight excluding hydrogens is 316 g/mol. The lowest BCUT2D eigenvalue weighted by molar-refractivity contribution is -0.127. The number of benzene rings is 1. The van der Waals surface area contributed by atoms with Crippen molar-refractivity contribution in [3.8, 4) is 17.0 Å². The number of hydrogen-bond acceptors (Lipinski definition) is 5. The van der Waals surface area contributed by atoms with Crippen LogP contribution in [0.15, 0.2) is 67.3 Å². The molecule has 3 aromatic rings. The molecule has 1 N–H and O–H groups in total. The minimum absolute atomic E-state index is 0.213. The average molecular weight is 334 g/mol. The first-order chi connectivity index (χ1) is 12.2. The fraction of sp³-hybridized carbons (Fsp3) is 0.158. The Morgan fingerprint density at radius 2 is 1.76 bits per heavy atom. The Balaban J connectivity index is 1.65. The van der Waals surface area contributed by atoms with Crippen molar-refractivity contribution in [2.24, 2.45) is 0 Å². The van der Waals surface area contributed by atoms with Crippen molar-refractivity contribution in [1.29, 1.82) is 0 Å². The van der Waals surface area contributed by atoms with Gasteiger partial charge >= 0.3 is 0 Å². The van der Waals surface area contributed by atoms with Crippen molar-refractivity contribution in [2.75, 3.05) is 0 Å². The van der Waals surface area contributed by atoms with Crippen LogP contribution in [0.1, 0.15) is 12.6 Å². The van der Waals surface area contributed by atoms with Crippen LogP contribution in [0.5, 0.6) is 5.75 Å². The van der Waals surface area contributed by atoms with Crippen LogP contribution in [0.25, 0.3) is 11.3 Å². The smallest absolute Gasteiger partial charge is 0.261 e. The van der Waals surface area contributed by atoms with Gasteiger partial charge in [-0.2, -0.15) is 0 Å². The summed E-state index contributed by atoms with van der Waals surface area (Å²) in [5.74, 6) is 0.442. The summed E-state index contributed by atoms with van der Waals surface area (Å²) < 4.78 is 5.62. The van der Waals surface area contributed by atoms with E-state index < -0.39 is 6.10 Å². The lowest BCUT2D eigenvalue weighted by Gasteiger charge is -2.15. The van der Waals surface area contributed by atoms with Crippen molar-refractivity contribution in [2.45, 2.75) is 19.6 Å². The molecule has 0 aliphatic rings. The predicted octanol–water partition coefficient (Wildman–Crippen LogP) is 2.62. The van der Waals surface area contributed by atoms with Gasteiger partial charge in [0.1, 0.15) is 5.75 Å². The number of nitrogens with zero attached hydrogens (tertiary/aromatic N) is 3. The maximum atomic E-state index is 12.3. The second kappa shape index (κ2) is 8.01. The zero-order valence-electron chi connectivity index (χ0n) is 13.8. The Kier molecular flexibility index (Phi) is 5.31. The average Bonchev–Trinajstić information content (AvgIpc) is 2.68. The molecule has 3 rings (SSSR count). The van der Waals surface area contributed by atoms with Crippen LogP contribution in [0.3, 0.4) is 0 Å². The van der Waals surface area contributed by atoms with Gasteiger partial charge in [0.15, 0.2) is 6.10 Å². The Bertz CT molecular complexity index is 825. The van der Waals surface area contributed by atoms with E-state index in [9.17, 15) is 4.79 Å². The van der Waals surface area contributed by atoms with Gasteiger partial charge in [0.2, 0.25) is 0 Å². The van der Waals surface area contributed by atoms with Gasteiger partial charge < -0.3 is 10.1 Å². The third-order valence-corrected chi connectivity index (χ3v) is 3.58. The predicted molar refractivity (Wildman–Crippen MR) is 93.6 cm³/mol. The molecule has 6 nitrogen and oxygen atoms in total. The number of nitrogens with one attached hydrogen (secondary N) is 1. The molecule has 0 saturated carbocycles. The van der Waals surface area contributed by atoms with Gasteiger partial charge in [0.05, 0.1) is 17.9 Å². The number of ether oxygens (including phenoxy) is 1. The SMILES string of the molecule is C[C@H](Oc1ccccc1)C(=O)NCc1nccnc1-c1ccncc1. The van der Waals surface area contributed by atoms with Crippen LogP contribution in [0.4, 0.5) is 0 Å². The number of carbonyl (C=O) groups is 1. The summed E-state index contributed by atoms with van der Waals surface area (Å²) in [6.07, 6.45) is 6.02. The number of aromatic nitrogens is 3. The minimum atomic E-state index is -0.608. The molecule has 6 heteroatoms. The fourth-order valence-corrected chi connectivity index (χ4v) is 2.32. The van der Waals surface area contributed by atoms with Gasteiger partial charge in [0, 0.05) is 30.4 Å². The van der Waals surface area contributed by atoms with Crippen LogP contribution < -0.4 is 10.1 Å². The van der Waals surface area contributed by atoms with E-state index in [0.29, 0.717) is 11.4 Å². The van der Waals surface area contributed by atoms with E-state index in [-0.39, 0.29) is 12.5 Å². The molecule has 0 fully saturated rings. The first-order valence-corrected chi connectivity index (χ1v) is 7.94. The minimum Gasteiger partial charge on any atom is -0.481 e. The van der Waals surface area contributed by atoms with Crippen molar-refractivity contribution >= 4 is 5.91 Å². The second-order valence-electron chi connectivity index (χ2n) is 5.38. The first kappa shape index (κ1) is 16.6. The number of amides is 1. The Morgan fingerprint density at radius 1 is 1.04 bits per heavy atom. The highest BCUT2D eigenvalue weighted by molar-refractivity contribution is 5.80. The lowest BCUT2D eigenvalue weighted by Crippen LogP contribution is -2.36.